The van der Waals surface area contributed by atoms with E-state index in [9.17, 15) is 14.4 Å². The quantitative estimate of drug-likeness (QED) is 0.211. The fraction of sp³-hybridized carbons (Fsp3) is 0.447. The van der Waals surface area contributed by atoms with Gasteiger partial charge in [-0.3, -0.25) is 19.6 Å². The lowest BCUT2D eigenvalue weighted by Crippen LogP contribution is -2.48. The summed E-state index contributed by atoms with van der Waals surface area (Å²) in [5, 5.41) is 8.94. The molecule has 9 heteroatoms. The van der Waals surface area contributed by atoms with Gasteiger partial charge in [0.05, 0.1) is 0 Å². The molecule has 0 spiro atoms. The van der Waals surface area contributed by atoms with Crippen LogP contribution in [0.1, 0.15) is 75.8 Å². The Morgan fingerprint density at radius 2 is 1.64 bits per heavy atom. The first-order chi connectivity index (χ1) is 22.3. The maximum Gasteiger partial charge on any atom is 0.407 e. The van der Waals surface area contributed by atoms with Gasteiger partial charge in [0.25, 0.3) is 0 Å². The first-order valence-corrected chi connectivity index (χ1v) is 16.5. The number of aromatic nitrogens is 1. The number of benzene rings is 2. The summed E-state index contributed by atoms with van der Waals surface area (Å²) in [5.41, 5.74) is 7.16. The van der Waals surface area contributed by atoms with Gasteiger partial charge in [0.15, 0.2) is 0 Å². The van der Waals surface area contributed by atoms with Gasteiger partial charge in [0, 0.05) is 54.8 Å². The van der Waals surface area contributed by atoms with Crippen molar-refractivity contribution in [1.82, 2.24) is 15.6 Å². The van der Waals surface area contributed by atoms with E-state index in [0.29, 0.717) is 31.5 Å². The van der Waals surface area contributed by atoms with Gasteiger partial charge in [-0.1, -0.05) is 36.4 Å². The highest BCUT2D eigenvalue weighted by molar-refractivity contribution is 6.00. The zero-order valence-electron chi connectivity index (χ0n) is 28.8. The molecule has 0 radical (unpaired) electrons. The van der Waals surface area contributed by atoms with Crippen molar-refractivity contribution in [1.29, 1.82) is 0 Å². The molecule has 9 nitrogen and oxygen atoms in total. The minimum absolute atomic E-state index is 0.119. The van der Waals surface area contributed by atoms with E-state index < -0.39 is 17.7 Å². The molecule has 3 N–H and O–H groups in total. The molecule has 0 unspecified atom stereocenters. The largest absolute Gasteiger partial charge is 0.444 e. The maximum absolute atomic E-state index is 13.7. The molecule has 1 saturated carbocycles. The smallest absolute Gasteiger partial charge is 0.407 e. The number of carbonyl (C=O) groups is 3. The van der Waals surface area contributed by atoms with E-state index in [0.717, 1.165) is 52.1 Å². The number of amides is 3. The van der Waals surface area contributed by atoms with E-state index in [1.165, 1.54) is 0 Å². The second kappa shape index (κ2) is 15.8. The van der Waals surface area contributed by atoms with Gasteiger partial charge in [0.1, 0.15) is 11.6 Å². The second-order valence-corrected chi connectivity index (χ2v) is 13.6. The highest BCUT2D eigenvalue weighted by Gasteiger charge is 2.30. The molecule has 1 aromatic heterocycles. The Morgan fingerprint density at radius 3 is 2.23 bits per heavy atom. The second-order valence-electron chi connectivity index (χ2n) is 13.6. The standard InChI is InChI=1S/C38H49N5O4/c1-24-20-25(2)40-23-33(24)30-12-8-27(9-13-30)21-34(36(45)42-32-18-16-29(17-19-32)26(3)39-7)43-35(44)31-14-10-28(11-15-31)22-41-37(46)47-38(4,5)6/h8-9,12-13,16-20,23,28,31,34H,10-11,14-15,21-22H2,1-7H3,(H,41,46)(H,42,45)(H,43,44)/t28?,31?,34-/m0/s1. The molecule has 0 bridgehead atoms. The molecule has 1 atom stereocenters. The number of aryl methyl sites for hydroxylation is 2. The monoisotopic (exact) mass is 639 g/mol. The number of pyridine rings is 1. The molecule has 3 aromatic rings. The zero-order valence-corrected chi connectivity index (χ0v) is 28.8. The van der Waals surface area contributed by atoms with Crippen LogP contribution in [0.4, 0.5) is 10.5 Å². The van der Waals surface area contributed by atoms with Crippen molar-refractivity contribution < 1.29 is 19.1 Å². The highest BCUT2D eigenvalue weighted by Crippen LogP contribution is 2.29. The van der Waals surface area contributed by atoms with Crippen LogP contribution >= 0.6 is 0 Å². The Kier molecular flexibility index (Phi) is 11.9. The van der Waals surface area contributed by atoms with E-state index in [1.54, 1.807) is 7.05 Å². The molecule has 1 aliphatic rings. The van der Waals surface area contributed by atoms with Gasteiger partial charge >= 0.3 is 6.09 Å². The Hall–Kier alpha value is -4.53. The first-order valence-electron chi connectivity index (χ1n) is 16.5. The fourth-order valence-electron chi connectivity index (χ4n) is 5.88. The summed E-state index contributed by atoms with van der Waals surface area (Å²) in [4.78, 5) is 48.0. The third-order valence-corrected chi connectivity index (χ3v) is 8.64. The van der Waals surface area contributed by atoms with Gasteiger partial charge in [0.2, 0.25) is 11.8 Å². The average molecular weight is 640 g/mol. The van der Waals surface area contributed by atoms with Gasteiger partial charge in [-0.2, -0.15) is 0 Å². The normalized spacial score (nSPS) is 17.4. The SMILES string of the molecule is CN=C(C)c1ccc(NC(=O)[C@H](Cc2ccc(-c3cnc(C)cc3C)cc2)NC(=O)C2CCC(CNC(=O)OC(C)(C)C)CC2)cc1. The lowest BCUT2D eigenvalue weighted by molar-refractivity contribution is -0.130. The first kappa shape index (κ1) is 35.3. The summed E-state index contributed by atoms with van der Waals surface area (Å²) in [6.07, 6.45) is 4.82. The summed E-state index contributed by atoms with van der Waals surface area (Å²) in [5.74, 6) is -0.310. The Bertz CT molecular complexity index is 1570. The molecule has 0 aliphatic heterocycles. The summed E-state index contributed by atoms with van der Waals surface area (Å²) in [6.45, 7) is 12.0. The van der Waals surface area contributed by atoms with Gasteiger partial charge < -0.3 is 20.7 Å². The van der Waals surface area contributed by atoms with E-state index in [-0.39, 0.29) is 23.7 Å². The van der Waals surface area contributed by atoms with Gasteiger partial charge in [-0.05, 0) is 114 Å². The van der Waals surface area contributed by atoms with Crippen LogP contribution < -0.4 is 16.0 Å². The van der Waals surface area contributed by atoms with Crippen LogP contribution in [0, 0.1) is 25.7 Å². The molecule has 1 heterocycles. The lowest BCUT2D eigenvalue weighted by Gasteiger charge is -2.29. The average Bonchev–Trinajstić information content (AvgIpc) is 3.03. The van der Waals surface area contributed by atoms with Crippen molar-refractivity contribution in [2.75, 3.05) is 18.9 Å². The minimum atomic E-state index is -0.763. The number of nitrogens with zero attached hydrogens (tertiary/aromatic N) is 2. The van der Waals surface area contributed by atoms with E-state index in [1.807, 2.05) is 89.3 Å². The fourth-order valence-corrected chi connectivity index (χ4v) is 5.88. The van der Waals surface area contributed by atoms with Gasteiger partial charge in [-0.15, -0.1) is 0 Å². The molecule has 250 valence electrons. The summed E-state index contributed by atoms with van der Waals surface area (Å²) in [6, 6.07) is 16.9. The predicted molar refractivity (Wildman–Crippen MR) is 188 cm³/mol. The topological polar surface area (TPSA) is 122 Å². The molecule has 4 rings (SSSR count). The van der Waals surface area contributed by atoms with Crippen molar-refractivity contribution in [3.63, 3.8) is 0 Å². The van der Waals surface area contributed by atoms with Crippen LogP contribution in [-0.4, -0.2) is 53.8 Å². The number of carbonyl (C=O) groups excluding carboxylic acids is 3. The third kappa shape index (κ3) is 10.5. The molecule has 3 amide bonds. The van der Waals surface area contributed by atoms with Crippen LogP contribution in [0.3, 0.4) is 0 Å². The van der Waals surface area contributed by atoms with Crippen molar-refractivity contribution in [2.45, 2.75) is 85.3 Å². The summed E-state index contributed by atoms with van der Waals surface area (Å²) >= 11 is 0. The van der Waals surface area contributed by atoms with Crippen molar-refractivity contribution in [3.05, 3.63) is 83.2 Å². The highest BCUT2D eigenvalue weighted by atomic mass is 16.6. The Labute approximate surface area is 279 Å². The molecular weight excluding hydrogens is 590 g/mol. The number of rotatable bonds is 10. The number of ether oxygens (including phenoxy) is 1. The lowest BCUT2D eigenvalue weighted by atomic mass is 9.81. The predicted octanol–water partition coefficient (Wildman–Crippen LogP) is 6.80. The van der Waals surface area contributed by atoms with E-state index in [2.05, 4.69) is 38.9 Å². The van der Waals surface area contributed by atoms with Crippen LogP contribution in [0.15, 0.2) is 65.8 Å². The number of alkyl carbamates (subject to hydrolysis) is 1. The molecule has 1 fully saturated rings. The Balaban J connectivity index is 1.42. The van der Waals surface area contributed by atoms with Crippen molar-refractivity contribution in [3.8, 4) is 11.1 Å². The van der Waals surface area contributed by atoms with Crippen LogP contribution in [0.25, 0.3) is 11.1 Å². The molecule has 0 saturated heterocycles. The number of nitrogens with one attached hydrogen (secondary N) is 3. The summed E-state index contributed by atoms with van der Waals surface area (Å²) < 4.78 is 5.35. The third-order valence-electron chi connectivity index (χ3n) is 8.64. The van der Waals surface area contributed by atoms with Crippen LogP contribution in [0.5, 0.6) is 0 Å². The van der Waals surface area contributed by atoms with E-state index in [4.69, 9.17) is 4.74 Å². The Morgan fingerprint density at radius 1 is 0.979 bits per heavy atom. The van der Waals surface area contributed by atoms with E-state index >= 15 is 0 Å². The number of anilines is 1. The minimum Gasteiger partial charge on any atom is -0.444 e. The van der Waals surface area contributed by atoms with Crippen molar-refractivity contribution >= 4 is 29.3 Å². The molecular formula is C38H49N5O4. The molecule has 47 heavy (non-hydrogen) atoms. The number of aliphatic imine (C=N–C) groups is 1. The summed E-state index contributed by atoms with van der Waals surface area (Å²) in [7, 11) is 1.75. The van der Waals surface area contributed by atoms with Crippen molar-refractivity contribution in [2.24, 2.45) is 16.8 Å². The zero-order chi connectivity index (χ0) is 34.1. The number of hydrogen-bond donors (Lipinski definition) is 3. The van der Waals surface area contributed by atoms with Crippen LogP contribution in [-0.2, 0) is 20.7 Å². The maximum atomic E-state index is 13.7. The van der Waals surface area contributed by atoms with Crippen LogP contribution in [0.2, 0.25) is 0 Å². The van der Waals surface area contributed by atoms with Gasteiger partial charge in [-0.25, -0.2) is 4.79 Å². The molecule has 2 aromatic carbocycles. The number of hydrogen-bond acceptors (Lipinski definition) is 6. The molecule has 1 aliphatic carbocycles.